The highest BCUT2D eigenvalue weighted by atomic mass is 16.6. The van der Waals surface area contributed by atoms with Gasteiger partial charge < -0.3 is 14.6 Å². The Morgan fingerprint density at radius 1 is 1.20 bits per heavy atom. The lowest BCUT2D eigenvalue weighted by Crippen LogP contribution is -2.25. The summed E-state index contributed by atoms with van der Waals surface area (Å²) >= 11 is 0. The third kappa shape index (κ3) is 6.90. The molecule has 0 saturated heterocycles. The van der Waals surface area contributed by atoms with E-state index >= 15 is 0 Å². The molecule has 5 heteroatoms. The number of rotatable bonds is 7. The first kappa shape index (κ1) is 13.9. The van der Waals surface area contributed by atoms with E-state index in [-0.39, 0.29) is 44.4 Å². The van der Waals surface area contributed by atoms with Crippen LogP contribution in [-0.2, 0) is 19.1 Å². The van der Waals surface area contributed by atoms with Gasteiger partial charge in [0.1, 0.15) is 12.7 Å². The molecule has 15 heavy (non-hydrogen) atoms. The molecule has 1 atom stereocenters. The zero-order chi connectivity index (χ0) is 11.7. The van der Waals surface area contributed by atoms with Crippen LogP contribution in [0.3, 0.4) is 0 Å². The van der Waals surface area contributed by atoms with Gasteiger partial charge in [0.15, 0.2) is 0 Å². The normalized spacial score (nSPS) is 11.9. The van der Waals surface area contributed by atoms with Gasteiger partial charge in [-0.05, 0) is 0 Å². The second-order valence-electron chi connectivity index (χ2n) is 3.01. The third-order valence-corrected chi connectivity index (χ3v) is 1.76. The van der Waals surface area contributed by atoms with Crippen LogP contribution < -0.4 is 0 Å². The lowest BCUT2D eigenvalue weighted by molar-refractivity contribution is -0.159. The largest absolute Gasteiger partial charge is 0.462 e. The molecule has 0 aromatic heterocycles. The summed E-state index contributed by atoms with van der Waals surface area (Å²) in [6.07, 6.45) is 0.290. The molecule has 0 aliphatic rings. The zero-order valence-electron chi connectivity index (χ0n) is 9.19. The molecule has 88 valence electrons. The van der Waals surface area contributed by atoms with Crippen molar-refractivity contribution in [3.8, 4) is 0 Å². The standard InChI is InChI=1S/C10H18O5/c1-3-9(12)14-7-8(5-6-11)15-10(13)4-2/h8,11H,3-7H2,1-2H3. The molecule has 0 fully saturated rings. The number of carbonyl (C=O) groups excluding carboxylic acids is 2. The van der Waals surface area contributed by atoms with Gasteiger partial charge >= 0.3 is 11.9 Å². The Labute approximate surface area is 89.4 Å². The Bertz CT molecular complexity index is 202. The topological polar surface area (TPSA) is 72.8 Å². The van der Waals surface area contributed by atoms with Crippen LogP contribution in [0.5, 0.6) is 0 Å². The van der Waals surface area contributed by atoms with Crippen molar-refractivity contribution in [2.45, 2.75) is 39.2 Å². The van der Waals surface area contributed by atoms with E-state index < -0.39 is 6.10 Å². The first-order chi connectivity index (χ1) is 7.13. The Hall–Kier alpha value is -1.10. The van der Waals surface area contributed by atoms with Crippen molar-refractivity contribution in [2.75, 3.05) is 13.2 Å². The fraction of sp³-hybridized carbons (Fsp3) is 0.800. The van der Waals surface area contributed by atoms with Crippen molar-refractivity contribution in [3.63, 3.8) is 0 Å². The maximum Gasteiger partial charge on any atom is 0.305 e. The van der Waals surface area contributed by atoms with Crippen LogP contribution in [0.2, 0.25) is 0 Å². The summed E-state index contributed by atoms with van der Waals surface area (Å²) in [4.78, 5) is 21.8. The zero-order valence-corrected chi connectivity index (χ0v) is 9.19. The molecule has 0 rings (SSSR count). The first-order valence-corrected chi connectivity index (χ1v) is 5.09. The van der Waals surface area contributed by atoms with Gasteiger partial charge in [-0.3, -0.25) is 9.59 Å². The van der Waals surface area contributed by atoms with Crippen molar-refractivity contribution in [3.05, 3.63) is 0 Å². The van der Waals surface area contributed by atoms with E-state index in [1.165, 1.54) is 0 Å². The maximum absolute atomic E-state index is 11.0. The van der Waals surface area contributed by atoms with Gasteiger partial charge in [0.05, 0.1) is 0 Å². The molecular formula is C10H18O5. The van der Waals surface area contributed by atoms with Crippen LogP contribution in [0.15, 0.2) is 0 Å². The average Bonchev–Trinajstić information content (AvgIpc) is 2.25. The van der Waals surface area contributed by atoms with Crippen LogP contribution in [-0.4, -0.2) is 36.4 Å². The Morgan fingerprint density at radius 3 is 2.27 bits per heavy atom. The van der Waals surface area contributed by atoms with E-state index in [9.17, 15) is 9.59 Å². The van der Waals surface area contributed by atoms with Gasteiger partial charge in [0.25, 0.3) is 0 Å². The Balaban J connectivity index is 3.92. The third-order valence-electron chi connectivity index (χ3n) is 1.76. The summed E-state index contributed by atoms with van der Waals surface area (Å²) < 4.78 is 9.78. The number of carbonyl (C=O) groups is 2. The Kier molecular flexibility index (Phi) is 7.62. The summed E-state index contributed by atoms with van der Waals surface area (Å²) in [5.74, 6) is -0.702. The average molecular weight is 218 g/mol. The quantitative estimate of drug-likeness (QED) is 0.635. The minimum atomic E-state index is -0.544. The molecule has 0 aliphatic heterocycles. The van der Waals surface area contributed by atoms with E-state index in [0.717, 1.165) is 0 Å². The predicted octanol–water partition coefficient (Wildman–Crippen LogP) is 0.644. The molecule has 0 aromatic carbocycles. The van der Waals surface area contributed by atoms with Gasteiger partial charge in [0, 0.05) is 25.9 Å². The van der Waals surface area contributed by atoms with Crippen molar-refractivity contribution >= 4 is 11.9 Å². The number of hydrogen-bond donors (Lipinski definition) is 1. The summed E-state index contributed by atoms with van der Waals surface area (Å²) in [6.45, 7) is 3.27. The van der Waals surface area contributed by atoms with Gasteiger partial charge in [-0.25, -0.2) is 0 Å². The molecule has 0 saturated carbocycles. The smallest absolute Gasteiger partial charge is 0.305 e. The fourth-order valence-electron chi connectivity index (χ4n) is 0.877. The van der Waals surface area contributed by atoms with E-state index in [2.05, 4.69) is 0 Å². The SMILES string of the molecule is CCC(=O)OCC(CCO)OC(=O)CC. The molecule has 0 radical (unpaired) electrons. The van der Waals surface area contributed by atoms with Crippen molar-refractivity contribution < 1.29 is 24.2 Å². The lowest BCUT2D eigenvalue weighted by atomic mass is 10.3. The fourth-order valence-corrected chi connectivity index (χ4v) is 0.877. The molecule has 0 aliphatic carbocycles. The summed E-state index contributed by atoms with van der Waals surface area (Å²) in [5, 5.41) is 8.71. The molecule has 5 nitrogen and oxygen atoms in total. The molecule has 1 unspecified atom stereocenters. The molecule has 0 aromatic rings. The molecule has 0 bridgehead atoms. The minimum Gasteiger partial charge on any atom is -0.462 e. The number of ether oxygens (including phenoxy) is 2. The lowest BCUT2D eigenvalue weighted by Gasteiger charge is -2.16. The monoisotopic (exact) mass is 218 g/mol. The van der Waals surface area contributed by atoms with Gasteiger partial charge in [-0.2, -0.15) is 0 Å². The molecule has 0 spiro atoms. The van der Waals surface area contributed by atoms with Crippen molar-refractivity contribution in [1.82, 2.24) is 0 Å². The predicted molar refractivity (Wildman–Crippen MR) is 53.1 cm³/mol. The van der Waals surface area contributed by atoms with Crippen LogP contribution in [0, 0.1) is 0 Å². The highest BCUT2D eigenvalue weighted by molar-refractivity contribution is 5.69. The number of esters is 2. The van der Waals surface area contributed by atoms with Crippen molar-refractivity contribution in [1.29, 1.82) is 0 Å². The second kappa shape index (κ2) is 8.23. The van der Waals surface area contributed by atoms with E-state index in [4.69, 9.17) is 14.6 Å². The van der Waals surface area contributed by atoms with E-state index in [1.54, 1.807) is 13.8 Å². The van der Waals surface area contributed by atoms with Crippen LogP contribution in [0.4, 0.5) is 0 Å². The van der Waals surface area contributed by atoms with E-state index in [0.29, 0.717) is 0 Å². The highest BCUT2D eigenvalue weighted by Gasteiger charge is 2.14. The number of aliphatic hydroxyl groups is 1. The summed E-state index contributed by atoms with van der Waals surface area (Å²) in [6, 6.07) is 0. The minimum absolute atomic E-state index is 0.0129. The second-order valence-corrected chi connectivity index (χ2v) is 3.01. The van der Waals surface area contributed by atoms with Gasteiger partial charge in [0.2, 0.25) is 0 Å². The molecule has 0 amide bonds. The first-order valence-electron chi connectivity index (χ1n) is 5.09. The summed E-state index contributed by atoms with van der Waals surface area (Å²) in [5.41, 5.74) is 0. The maximum atomic E-state index is 11.0. The molecular weight excluding hydrogens is 200 g/mol. The number of aliphatic hydroxyl groups excluding tert-OH is 1. The highest BCUT2D eigenvalue weighted by Crippen LogP contribution is 2.02. The van der Waals surface area contributed by atoms with Crippen LogP contribution in [0.1, 0.15) is 33.1 Å². The van der Waals surface area contributed by atoms with Crippen LogP contribution in [0.25, 0.3) is 0 Å². The van der Waals surface area contributed by atoms with Gasteiger partial charge in [-0.1, -0.05) is 13.8 Å². The Morgan fingerprint density at radius 2 is 1.80 bits per heavy atom. The molecule has 0 heterocycles. The number of hydrogen-bond acceptors (Lipinski definition) is 5. The summed E-state index contributed by atoms with van der Waals surface area (Å²) in [7, 11) is 0. The molecule has 1 N–H and O–H groups in total. The van der Waals surface area contributed by atoms with Gasteiger partial charge in [-0.15, -0.1) is 0 Å². The van der Waals surface area contributed by atoms with E-state index in [1.807, 2.05) is 0 Å². The van der Waals surface area contributed by atoms with Crippen LogP contribution >= 0.6 is 0 Å². The van der Waals surface area contributed by atoms with Crippen molar-refractivity contribution in [2.24, 2.45) is 0 Å².